The van der Waals surface area contributed by atoms with E-state index in [9.17, 15) is 0 Å². The summed E-state index contributed by atoms with van der Waals surface area (Å²) >= 11 is 1.14. The first-order valence-corrected chi connectivity index (χ1v) is 24.8. The van der Waals surface area contributed by atoms with Gasteiger partial charge in [-0.15, -0.1) is 0 Å². The maximum absolute atomic E-state index is 6.64. The van der Waals surface area contributed by atoms with Crippen LogP contribution in [-0.4, -0.2) is 4.57 Å². The second-order valence-electron chi connectivity index (χ2n) is 18.7. The van der Waals surface area contributed by atoms with E-state index in [-0.39, 0.29) is 10.8 Å². The Kier molecular flexibility index (Phi) is 6.86. The monoisotopic (exact) mass is 926 g/mol. The number of hydrogen-bond donors (Lipinski definition) is 0. The fourth-order valence-corrected chi connectivity index (χ4v) is 17.8. The van der Waals surface area contributed by atoms with Gasteiger partial charge in [0.15, 0.2) is 0 Å². The van der Waals surface area contributed by atoms with Crippen molar-refractivity contribution in [2.45, 2.75) is 49.4 Å². The molecule has 0 unspecified atom stereocenters. The van der Waals surface area contributed by atoms with Crippen LogP contribution in [0, 0.1) is 0 Å². The molecule has 298 valence electrons. The third-order valence-electron chi connectivity index (χ3n) is 15.2. The predicted octanol–water partition coefficient (Wildman–Crippen LogP) is 11.6. The van der Waals surface area contributed by atoms with Crippen molar-refractivity contribution in [3.63, 3.8) is 0 Å². The van der Waals surface area contributed by atoms with Crippen molar-refractivity contribution in [3.05, 3.63) is 239 Å². The summed E-state index contributed by atoms with van der Waals surface area (Å²) in [7, 11) is 0. The van der Waals surface area contributed by atoms with Crippen LogP contribution in [0.3, 0.4) is 0 Å². The van der Waals surface area contributed by atoms with Gasteiger partial charge in [0.05, 0.1) is 0 Å². The number of hydrogen-bond acceptors (Lipinski definition) is 2. The minimum absolute atomic E-state index is 0.174. The zero-order valence-electron chi connectivity index (χ0n) is 34.9. The molecule has 2 nitrogen and oxygen atoms in total. The van der Waals surface area contributed by atoms with Crippen LogP contribution in [0.5, 0.6) is 0 Å². The van der Waals surface area contributed by atoms with E-state index < -0.39 is 32.0 Å². The van der Waals surface area contributed by atoms with Gasteiger partial charge in [-0.25, -0.2) is 0 Å². The number of aromatic nitrogens is 1. The molecule has 0 fully saturated rings. The Morgan fingerprint density at radius 3 is 1.60 bits per heavy atom. The van der Waals surface area contributed by atoms with Crippen molar-refractivity contribution < 1.29 is 25.6 Å². The van der Waals surface area contributed by atoms with Gasteiger partial charge in [-0.2, -0.15) is 0 Å². The number of halogens is 1. The molecule has 0 bridgehead atoms. The summed E-state index contributed by atoms with van der Waals surface area (Å²) in [4.78, 5) is 1.45. The van der Waals surface area contributed by atoms with Gasteiger partial charge in [0, 0.05) is 0 Å². The molecule has 14 rings (SSSR count). The molecule has 3 aliphatic carbocycles. The summed E-state index contributed by atoms with van der Waals surface area (Å²) in [6.07, 6.45) is 2.71. The van der Waals surface area contributed by atoms with E-state index in [1.54, 1.807) is 3.58 Å². The number of para-hydroxylation sites is 2. The molecule has 0 atom stereocenters. The normalized spacial score (nSPS) is 18.3. The van der Waals surface area contributed by atoms with Gasteiger partial charge in [-0.05, 0) is 0 Å². The second kappa shape index (κ2) is 11.9. The molecule has 1 aliphatic heterocycles. The second-order valence-corrected chi connectivity index (χ2v) is 22.3. The molecule has 4 heteroatoms. The molecule has 0 saturated heterocycles. The molecule has 62 heavy (non-hydrogen) atoms. The van der Waals surface area contributed by atoms with E-state index in [4.69, 9.17) is 4.42 Å². The topological polar surface area (TPSA) is 18.1 Å². The standard InChI is InChI=1S/C58H41INOS/c1-55(2)37-19-7-11-23-41(37)57(42-24-12-8-20-38(42)55)45-31-32-62-54(45)58(43-25-13-9-21-39(43)56(3,4)40-22-10-14-26-44(40)58)46-33-50(59-53(46)57)60-47-27-15-5-17-34(47)35-29-30-49-51(52(35)60)36-18-6-16-28-48(36)61-49/h5-33H,1-4H3/q-1. The van der Waals surface area contributed by atoms with Gasteiger partial charge in [-0.3, -0.25) is 0 Å². The average Bonchev–Trinajstić information content (AvgIpc) is 4.12. The summed E-state index contributed by atoms with van der Waals surface area (Å²) < 4.78 is 12.3. The fraction of sp³-hybridized carbons (Fsp3) is 0.138. The zero-order valence-corrected chi connectivity index (χ0v) is 37.9. The number of thiophene rings is 1. The van der Waals surface area contributed by atoms with Crippen LogP contribution in [0.2, 0.25) is 0 Å². The number of nitrogens with zero attached hydrogens (tertiary/aromatic N) is 1. The first kappa shape index (κ1) is 35.6. The number of fused-ring (bicyclic) bond motifs is 20. The molecule has 2 spiro atoms. The fourth-order valence-electron chi connectivity index (χ4n) is 12.7. The molecule has 0 saturated carbocycles. The van der Waals surface area contributed by atoms with Crippen molar-refractivity contribution in [1.29, 1.82) is 0 Å². The maximum atomic E-state index is 6.64. The molecule has 4 aliphatic rings. The van der Waals surface area contributed by atoms with E-state index in [0.29, 0.717) is 0 Å². The minimum atomic E-state index is -0.819. The average molecular weight is 927 g/mol. The molecular weight excluding hydrogens is 886 g/mol. The summed E-state index contributed by atoms with van der Waals surface area (Å²) in [5.74, 6) is 0. The Bertz CT molecular complexity index is 3600. The van der Waals surface area contributed by atoms with E-state index in [1.807, 2.05) is 11.3 Å². The molecule has 3 aromatic heterocycles. The molecule has 0 N–H and O–H groups in total. The number of benzene rings is 7. The number of allylic oxidation sites excluding steroid dienone is 3. The quantitative estimate of drug-likeness (QED) is 0.150. The van der Waals surface area contributed by atoms with Gasteiger partial charge in [0.1, 0.15) is 0 Å². The van der Waals surface area contributed by atoms with Crippen LogP contribution in [-0.2, 0) is 21.7 Å². The van der Waals surface area contributed by atoms with Crippen molar-refractivity contribution in [3.8, 4) is 0 Å². The van der Waals surface area contributed by atoms with Crippen molar-refractivity contribution in [1.82, 2.24) is 4.57 Å². The molecule has 4 heterocycles. The Morgan fingerprint density at radius 2 is 0.984 bits per heavy atom. The number of furan rings is 1. The van der Waals surface area contributed by atoms with Crippen molar-refractivity contribution in [2.24, 2.45) is 0 Å². The number of rotatable bonds is 1. The summed E-state index contributed by atoms with van der Waals surface area (Å²) in [6.45, 7) is 9.74. The summed E-state index contributed by atoms with van der Waals surface area (Å²) in [6, 6.07) is 62.4. The van der Waals surface area contributed by atoms with Crippen LogP contribution < -0.4 is 21.2 Å². The Hall–Kier alpha value is -5.95. The van der Waals surface area contributed by atoms with Crippen molar-refractivity contribution in [2.75, 3.05) is 0 Å². The van der Waals surface area contributed by atoms with Crippen LogP contribution in [0.4, 0.5) is 0 Å². The molecule has 7 aromatic carbocycles. The third kappa shape index (κ3) is 4.00. The molecule has 0 radical (unpaired) electrons. The van der Waals surface area contributed by atoms with E-state index in [0.717, 1.165) is 16.6 Å². The van der Waals surface area contributed by atoms with Crippen LogP contribution in [0.1, 0.15) is 82.6 Å². The SMILES string of the molecule is CC1(C)c2ccccc2C2(C3=C(C=C(n4c5ccccc5c5ccc6oc7ccccc7c6c54)[I-]3)C3(c4ccccc4C(C)(C)c4ccccc43)c3sccc32)c2ccccc21. The van der Waals surface area contributed by atoms with E-state index in [2.05, 4.69) is 208 Å². The van der Waals surface area contributed by atoms with Crippen LogP contribution in [0.25, 0.3) is 47.4 Å². The third-order valence-corrected chi connectivity index (χ3v) is 19.6. The Balaban J connectivity index is 1.19. The first-order valence-electron chi connectivity index (χ1n) is 21.7. The first-order chi connectivity index (χ1) is 30.3. The summed E-state index contributed by atoms with van der Waals surface area (Å²) in [5.41, 5.74) is 17.3. The van der Waals surface area contributed by atoms with Crippen LogP contribution >= 0.6 is 11.3 Å². The van der Waals surface area contributed by atoms with Crippen molar-refractivity contribution >= 4 is 58.8 Å². The van der Waals surface area contributed by atoms with Gasteiger partial charge in [0.25, 0.3) is 0 Å². The van der Waals surface area contributed by atoms with Crippen LogP contribution in [0.15, 0.2) is 189 Å². The van der Waals surface area contributed by atoms with E-state index in [1.165, 1.54) is 91.4 Å². The van der Waals surface area contributed by atoms with Gasteiger partial charge >= 0.3 is 378 Å². The molecule has 10 aromatic rings. The Morgan fingerprint density at radius 1 is 0.468 bits per heavy atom. The van der Waals surface area contributed by atoms with Gasteiger partial charge in [-0.1, -0.05) is 0 Å². The molecule has 0 amide bonds. The zero-order chi connectivity index (χ0) is 41.3. The van der Waals surface area contributed by atoms with E-state index >= 15 is 0 Å². The summed E-state index contributed by atoms with van der Waals surface area (Å²) in [5, 5.41) is 7.30. The Labute approximate surface area is 375 Å². The molecular formula is C58H41INOS-. The van der Waals surface area contributed by atoms with Gasteiger partial charge < -0.3 is 0 Å². The predicted molar refractivity (Wildman–Crippen MR) is 252 cm³/mol. The van der Waals surface area contributed by atoms with Gasteiger partial charge in [0.2, 0.25) is 0 Å².